The Morgan fingerprint density at radius 1 is 1.33 bits per heavy atom. The number of benzene rings is 1. The second-order valence-electron chi connectivity index (χ2n) is 3.35. The summed E-state index contributed by atoms with van der Waals surface area (Å²) < 4.78 is 25.9. The van der Waals surface area contributed by atoms with Crippen LogP contribution >= 0.6 is 23.2 Å². The van der Waals surface area contributed by atoms with Crippen LogP contribution in [0.1, 0.15) is 6.92 Å². The van der Waals surface area contributed by atoms with E-state index in [0.717, 1.165) is 0 Å². The molecule has 1 amide bonds. The van der Waals surface area contributed by atoms with Crippen molar-refractivity contribution in [1.29, 1.82) is 0 Å². The molecule has 1 aromatic rings. The summed E-state index contributed by atoms with van der Waals surface area (Å²) in [6.07, 6.45) is 0. The fourth-order valence-corrected chi connectivity index (χ4v) is 2.92. The van der Waals surface area contributed by atoms with E-state index >= 15 is 0 Å². The van der Waals surface area contributed by atoms with Crippen molar-refractivity contribution in [1.82, 2.24) is 10.0 Å². The number of likely N-dealkylation sites (N-methyl/N-ethyl adjacent to an activating group) is 1. The molecule has 0 heterocycles. The standard InChI is InChI=1S/C10H12Cl2N2O3S/c1-2-13-10(15)6-14-18(16,17)9-5-7(11)3-4-8(9)12/h3-5,14H,2,6H2,1H3,(H,13,15). The van der Waals surface area contributed by atoms with Crippen molar-refractivity contribution in [2.45, 2.75) is 11.8 Å². The summed E-state index contributed by atoms with van der Waals surface area (Å²) in [5, 5.41) is 2.76. The van der Waals surface area contributed by atoms with Gasteiger partial charge in [-0.1, -0.05) is 23.2 Å². The number of hydrogen-bond acceptors (Lipinski definition) is 3. The van der Waals surface area contributed by atoms with E-state index in [1.807, 2.05) is 0 Å². The van der Waals surface area contributed by atoms with Gasteiger partial charge in [0.15, 0.2) is 0 Å². The van der Waals surface area contributed by atoms with E-state index in [0.29, 0.717) is 6.54 Å². The topological polar surface area (TPSA) is 75.3 Å². The summed E-state index contributed by atoms with van der Waals surface area (Å²) in [7, 11) is -3.85. The molecule has 0 saturated carbocycles. The number of nitrogens with one attached hydrogen (secondary N) is 2. The van der Waals surface area contributed by atoms with Crippen LogP contribution in [0.5, 0.6) is 0 Å². The van der Waals surface area contributed by atoms with Crippen molar-refractivity contribution >= 4 is 39.1 Å². The number of sulfonamides is 1. The average Bonchev–Trinajstić information content (AvgIpc) is 2.30. The van der Waals surface area contributed by atoms with Gasteiger partial charge in [-0.05, 0) is 25.1 Å². The Morgan fingerprint density at radius 3 is 2.61 bits per heavy atom. The van der Waals surface area contributed by atoms with Gasteiger partial charge in [-0.15, -0.1) is 0 Å². The minimum Gasteiger partial charge on any atom is -0.355 e. The molecule has 5 nitrogen and oxygen atoms in total. The summed E-state index contributed by atoms with van der Waals surface area (Å²) in [5.74, 6) is -0.417. The normalized spacial score (nSPS) is 11.3. The molecule has 100 valence electrons. The van der Waals surface area contributed by atoms with E-state index < -0.39 is 15.9 Å². The number of carbonyl (C=O) groups excluding carboxylic acids is 1. The van der Waals surface area contributed by atoms with Gasteiger partial charge >= 0.3 is 0 Å². The Labute approximate surface area is 116 Å². The molecule has 1 aromatic carbocycles. The third-order valence-corrected chi connectivity index (χ3v) is 4.10. The van der Waals surface area contributed by atoms with Gasteiger partial charge in [-0.3, -0.25) is 4.79 Å². The van der Waals surface area contributed by atoms with Crippen LogP contribution in [0, 0.1) is 0 Å². The number of amides is 1. The maximum Gasteiger partial charge on any atom is 0.242 e. The second-order valence-corrected chi connectivity index (χ2v) is 5.93. The lowest BCUT2D eigenvalue weighted by molar-refractivity contribution is -0.119. The Hall–Kier alpha value is -0.820. The van der Waals surface area contributed by atoms with Gasteiger partial charge in [0.1, 0.15) is 4.90 Å². The number of hydrogen-bond donors (Lipinski definition) is 2. The van der Waals surface area contributed by atoms with Crippen LogP contribution in [0.3, 0.4) is 0 Å². The molecule has 0 aromatic heterocycles. The molecule has 0 bridgehead atoms. The number of rotatable bonds is 5. The molecule has 0 aliphatic heterocycles. The quantitative estimate of drug-likeness (QED) is 0.863. The molecule has 8 heteroatoms. The van der Waals surface area contributed by atoms with Gasteiger partial charge in [0.05, 0.1) is 11.6 Å². The molecular weight excluding hydrogens is 299 g/mol. The lowest BCUT2D eigenvalue weighted by atomic mass is 10.4. The van der Waals surface area contributed by atoms with Crippen molar-refractivity contribution in [3.63, 3.8) is 0 Å². The van der Waals surface area contributed by atoms with Crippen molar-refractivity contribution in [3.05, 3.63) is 28.2 Å². The molecule has 0 radical (unpaired) electrons. The summed E-state index contributed by atoms with van der Waals surface area (Å²) in [4.78, 5) is 11.0. The van der Waals surface area contributed by atoms with Gasteiger partial charge < -0.3 is 5.32 Å². The molecule has 0 aliphatic carbocycles. The molecule has 0 atom stereocenters. The minimum absolute atomic E-state index is 0.0443. The van der Waals surface area contributed by atoms with Gasteiger partial charge in [0.25, 0.3) is 0 Å². The van der Waals surface area contributed by atoms with E-state index in [4.69, 9.17) is 23.2 Å². The van der Waals surface area contributed by atoms with Crippen molar-refractivity contribution in [2.24, 2.45) is 0 Å². The molecule has 1 rings (SSSR count). The first-order valence-electron chi connectivity index (χ1n) is 5.08. The Bertz CT molecular complexity index is 546. The molecule has 0 spiro atoms. The summed E-state index contributed by atoms with van der Waals surface area (Å²) >= 11 is 11.5. The van der Waals surface area contributed by atoms with E-state index in [2.05, 4.69) is 10.0 Å². The predicted molar refractivity (Wildman–Crippen MR) is 70.3 cm³/mol. The van der Waals surface area contributed by atoms with E-state index in [-0.39, 0.29) is 21.5 Å². The van der Waals surface area contributed by atoms with Crippen molar-refractivity contribution in [3.8, 4) is 0 Å². The maximum atomic E-state index is 11.9. The van der Waals surface area contributed by atoms with Crippen LogP contribution in [0.4, 0.5) is 0 Å². The SMILES string of the molecule is CCNC(=O)CNS(=O)(=O)c1cc(Cl)ccc1Cl. The smallest absolute Gasteiger partial charge is 0.242 e. The van der Waals surface area contributed by atoms with Crippen LogP contribution in [-0.4, -0.2) is 27.4 Å². The molecule has 0 unspecified atom stereocenters. The Kier molecular flexibility index (Phi) is 5.40. The number of carbonyl (C=O) groups is 1. The van der Waals surface area contributed by atoms with E-state index in [9.17, 15) is 13.2 Å². The van der Waals surface area contributed by atoms with Gasteiger partial charge in [-0.25, -0.2) is 13.1 Å². The molecule has 0 saturated heterocycles. The summed E-state index contributed by atoms with van der Waals surface area (Å²) in [5.41, 5.74) is 0. The van der Waals surface area contributed by atoms with Crippen molar-refractivity contribution < 1.29 is 13.2 Å². The molecule has 0 fully saturated rings. The molecule has 2 N–H and O–H groups in total. The van der Waals surface area contributed by atoms with Crippen LogP contribution in [0.25, 0.3) is 0 Å². The fourth-order valence-electron chi connectivity index (χ4n) is 1.18. The second kappa shape index (κ2) is 6.38. The minimum atomic E-state index is -3.85. The zero-order valence-corrected chi connectivity index (χ0v) is 11.9. The molecular formula is C10H12Cl2N2O3S. The highest BCUT2D eigenvalue weighted by atomic mass is 35.5. The molecule has 0 aliphatic rings. The monoisotopic (exact) mass is 310 g/mol. The first-order valence-corrected chi connectivity index (χ1v) is 7.32. The highest BCUT2D eigenvalue weighted by molar-refractivity contribution is 7.89. The first-order chi connectivity index (χ1) is 8.36. The van der Waals surface area contributed by atoms with E-state index in [1.54, 1.807) is 6.92 Å². The van der Waals surface area contributed by atoms with E-state index in [1.165, 1.54) is 18.2 Å². The van der Waals surface area contributed by atoms with Gasteiger partial charge in [0, 0.05) is 11.6 Å². The maximum absolute atomic E-state index is 11.9. The third-order valence-electron chi connectivity index (χ3n) is 1.98. The Balaban J connectivity index is 2.87. The molecule has 18 heavy (non-hydrogen) atoms. The number of halogens is 2. The van der Waals surface area contributed by atoms with Crippen LogP contribution in [-0.2, 0) is 14.8 Å². The largest absolute Gasteiger partial charge is 0.355 e. The van der Waals surface area contributed by atoms with Gasteiger partial charge in [-0.2, -0.15) is 0 Å². The average molecular weight is 311 g/mol. The lowest BCUT2D eigenvalue weighted by Gasteiger charge is -2.08. The Morgan fingerprint density at radius 2 is 2.00 bits per heavy atom. The zero-order chi connectivity index (χ0) is 13.8. The van der Waals surface area contributed by atoms with Crippen LogP contribution in [0.15, 0.2) is 23.1 Å². The highest BCUT2D eigenvalue weighted by Crippen LogP contribution is 2.24. The fraction of sp³-hybridized carbons (Fsp3) is 0.300. The lowest BCUT2D eigenvalue weighted by Crippen LogP contribution is -2.36. The van der Waals surface area contributed by atoms with Gasteiger partial charge in [0.2, 0.25) is 15.9 Å². The summed E-state index contributed by atoms with van der Waals surface area (Å²) in [6.45, 7) is 1.82. The predicted octanol–water partition coefficient (Wildman–Crippen LogP) is 1.41. The van der Waals surface area contributed by atoms with Crippen LogP contribution < -0.4 is 10.0 Å². The highest BCUT2D eigenvalue weighted by Gasteiger charge is 2.19. The third kappa shape index (κ3) is 4.13. The first kappa shape index (κ1) is 15.2. The zero-order valence-electron chi connectivity index (χ0n) is 9.54. The van der Waals surface area contributed by atoms with Crippen LogP contribution in [0.2, 0.25) is 10.0 Å². The summed E-state index contributed by atoms with van der Waals surface area (Å²) in [6, 6.07) is 4.08. The van der Waals surface area contributed by atoms with Crippen molar-refractivity contribution in [2.75, 3.05) is 13.1 Å².